The van der Waals surface area contributed by atoms with Crippen molar-refractivity contribution in [1.29, 1.82) is 0 Å². The molecule has 1 aromatic carbocycles. The lowest BCUT2D eigenvalue weighted by molar-refractivity contribution is -0.122. The van der Waals surface area contributed by atoms with Crippen LogP contribution in [0.5, 0.6) is 17.2 Å². The second-order valence-corrected chi connectivity index (χ2v) is 5.79. The Morgan fingerprint density at radius 2 is 1.85 bits per heavy atom. The molecular weight excluding hydrogens is 356 g/mol. The van der Waals surface area contributed by atoms with Gasteiger partial charge in [0.25, 0.3) is 5.91 Å². The summed E-state index contributed by atoms with van der Waals surface area (Å²) in [6, 6.07) is 6.98. The number of ether oxygens (including phenoxy) is 3. The Kier molecular flexibility index (Phi) is 5.13. The summed E-state index contributed by atoms with van der Waals surface area (Å²) in [4.78, 5) is 14.1. The molecular formula is C18H18N2O5S. The molecule has 1 N–H and O–H groups in total. The van der Waals surface area contributed by atoms with E-state index < -0.39 is 0 Å². The van der Waals surface area contributed by atoms with Crippen molar-refractivity contribution >= 4 is 29.3 Å². The molecule has 0 spiro atoms. The van der Waals surface area contributed by atoms with Gasteiger partial charge in [-0.1, -0.05) is 0 Å². The number of benzene rings is 1. The lowest BCUT2D eigenvalue weighted by Gasteiger charge is -2.12. The topological polar surface area (TPSA) is 73.2 Å². The highest BCUT2D eigenvalue weighted by molar-refractivity contribution is 7.80. The third kappa shape index (κ3) is 3.36. The minimum absolute atomic E-state index is 0.247. The Balaban J connectivity index is 1.92. The summed E-state index contributed by atoms with van der Waals surface area (Å²) in [7, 11) is 4.63. The zero-order valence-corrected chi connectivity index (χ0v) is 15.4. The van der Waals surface area contributed by atoms with E-state index in [1.807, 2.05) is 0 Å². The maximum absolute atomic E-state index is 12.7. The number of carbonyl (C=O) groups excluding carboxylic acids is 1. The number of hydrogen-bond donors (Lipinski definition) is 1. The highest BCUT2D eigenvalue weighted by Crippen LogP contribution is 2.36. The predicted octanol–water partition coefficient (Wildman–Crippen LogP) is 2.56. The van der Waals surface area contributed by atoms with Gasteiger partial charge in [0.1, 0.15) is 17.2 Å². The van der Waals surface area contributed by atoms with Crippen LogP contribution in [0.15, 0.2) is 40.6 Å². The second kappa shape index (κ2) is 7.49. The first-order chi connectivity index (χ1) is 12.6. The average molecular weight is 374 g/mol. The van der Waals surface area contributed by atoms with Crippen LogP contribution in [-0.4, -0.2) is 37.2 Å². The number of methoxy groups -OCH3 is 3. The standard InChI is InChI=1S/C18H18N2O5S/c1-22-14-9-16(24-3)15(23-2)8-11(14)7-13-17(21)20(18(26)19-13)10-12-5-4-6-25-12/h4-9H,10H2,1-3H3,(H,19,26)/b13-7-. The van der Waals surface area contributed by atoms with E-state index in [1.165, 1.54) is 4.90 Å². The number of rotatable bonds is 6. The Morgan fingerprint density at radius 3 is 2.46 bits per heavy atom. The van der Waals surface area contributed by atoms with Gasteiger partial charge in [0, 0.05) is 11.6 Å². The van der Waals surface area contributed by atoms with Crippen molar-refractivity contribution in [3.63, 3.8) is 0 Å². The van der Waals surface area contributed by atoms with Crippen molar-refractivity contribution < 1.29 is 23.4 Å². The number of nitrogens with zero attached hydrogens (tertiary/aromatic N) is 1. The fraction of sp³-hybridized carbons (Fsp3) is 0.222. The van der Waals surface area contributed by atoms with Gasteiger partial charge in [0.15, 0.2) is 16.6 Å². The Labute approximate surface area is 156 Å². The van der Waals surface area contributed by atoms with E-state index in [2.05, 4.69) is 5.32 Å². The van der Waals surface area contributed by atoms with Crippen molar-refractivity contribution in [2.75, 3.05) is 21.3 Å². The first kappa shape index (κ1) is 17.8. The van der Waals surface area contributed by atoms with Gasteiger partial charge in [-0.25, -0.2) is 0 Å². The van der Waals surface area contributed by atoms with Crippen molar-refractivity contribution in [3.05, 3.63) is 47.5 Å². The molecule has 2 aromatic rings. The lowest BCUT2D eigenvalue weighted by Crippen LogP contribution is -2.29. The van der Waals surface area contributed by atoms with Crippen LogP contribution in [0.1, 0.15) is 11.3 Å². The Bertz CT molecular complexity index is 861. The van der Waals surface area contributed by atoms with E-state index in [9.17, 15) is 4.79 Å². The molecule has 136 valence electrons. The molecule has 0 bridgehead atoms. The molecule has 7 nitrogen and oxygen atoms in total. The van der Waals surface area contributed by atoms with E-state index in [4.69, 9.17) is 30.8 Å². The van der Waals surface area contributed by atoms with E-state index in [1.54, 1.807) is 57.9 Å². The zero-order valence-electron chi connectivity index (χ0n) is 14.6. The number of hydrogen-bond acceptors (Lipinski definition) is 6. The summed E-state index contributed by atoms with van der Waals surface area (Å²) < 4.78 is 21.3. The van der Waals surface area contributed by atoms with Gasteiger partial charge >= 0.3 is 0 Å². The minimum Gasteiger partial charge on any atom is -0.496 e. The van der Waals surface area contributed by atoms with Crippen LogP contribution in [0.2, 0.25) is 0 Å². The molecule has 1 saturated heterocycles. The molecule has 1 amide bonds. The largest absolute Gasteiger partial charge is 0.496 e. The highest BCUT2D eigenvalue weighted by Gasteiger charge is 2.31. The molecule has 26 heavy (non-hydrogen) atoms. The van der Waals surface area contributed by atoms with Gasteiger partial charge < -0.3 is 23.9 Å². The van der Waals surface area contributed by atoms with Crippen molar-refractivity contribution in [2.24, 2.45) is 0 Å². The molecule has 1 aliphatic heterocycles. The quantitative estimate of drug-likeness (QED) is 0.615. The first-order valence-corrected chi connectivity index (χ1v) is 8.15. The highest BCUT2D eigenvalue weighted by atomic mass is 32.1. The molecule has 2 heterocycles. The van der Waals surface area contributed by atoms with Crippen LogP contribution in [0.4, 0.5) is 0 Å². The average Bonchev–Trinajstić information content (AvgIpc) is 3.25. The molecule has 0 saturated carbocycles. The monoisotopic (exact) mass is 374 g/mol. The molecule has 8 heteroatoms. The van der Waals surface area contributed by atoms with Gasteiger partial charge in [0.2, 0.25) is 0 Å². The van der Waals surface area contributed by atoms with Gasteiger partial charge in [-0.2, -0.15) is 0 Å². The van der Waals surface area contributed by atoms with Crippen LogP contribution in [0.25, 0.3) is 6.08 Å². The minimum atomic E-state index is -0.247. The SMILES string of the molecule is COc1cc(OC)c(OC)cc1/C=C1\NC(=S)N(Cc2ccco2)C1=O. The summed E-state index contributed by atoms with van der Waals surface area (Å²) in [6.45, 7) is 0.262. The van der Waals surface area contributed by atoms with Gasteiger partial charge in [-0.05, 0) is 36.5 Å². The first-order valence-electron chi connectivity index (χ1n) is 7.74. The Hall–Kier alpha value is -3.00. The lowest BCUT2D eigenvalue weighted by atomic mass is 10.1. The summed E-state index contributed by atoms with van der Waals surface area (Å²) in [5.41, 5.74) is 0.996. The third-order valence-electron chi connectivity index (χ3n) is 3.89. The second-order valence-electron chi connectivity index (χ2n) is 5.41. The van der Waals surface area contributed by atoms with Crippen LogP contribution >= 0.6 is 12.2 Å². The molecule has 0 aliphatic carbocycles. The fourth-order valence-electron chi connectivity index (χ4n) is 2.59. The van der Waals surface area contributed by atoms with Crippen molar-refractivity contribution in [3.8, 4) is 17.2 Å². The van der Waals surface area contributed by atoms with Gasteiger partial charge in [-0.15, -0.1) is 0 Å². The number of thiocarbonyl (C=S) groups is 1. The number of carbonyl (C=O) groups is 1. The molecule has 1 aromatic heterocycles. The van der Waals surface area contributed by atoms with E-state index in [0.717, 1.165) is 0 Å². The molecule has 0 atom stereocenters. The number of amides is 1. The van der Waals surface area contributed by atoms with Crippen LogP contribution in [0.3, 0.4) is 0 Å². The fourth-order valence-corrected chi connectivity index (χ4v) is 2.85. The van der Waals surface area contributed by atoms with Crippen LogP contribution < -0.4 is 19.5 Å². The summed E-state index contributed by atoms with van der Waals surface area (Å²) in [5, 5.41) is 3.25. The molecule has 3 rings (SSSR count). The van der Waals surface area contributed by atoms with E-state index in [-0.39, 0.29) is 12.5 Å². The van der Waals surface area contributed by atoms with Crippen LogP contribution in [-0.2, 0) is 11.3 Å². The zero-order chi connectivity index (χ0) is 18.7. The number of nitrogens with one attached hydrogen (secondary N) is 1. The predicted molar refractivity (Wildman–Crippen MR) is 99.1 cm³/mol. The molecule has 1 fully saturated rings. The third-order valence-corrected chi connectivity index (χ3v) is 4.21. The van der Waals surface area contributed by atoms with Gasteiger partial charge in [0.05, 0.1) is 34.1 Å². The van der Waals surface area contributed by atoms with Crippen molar-refractivity contribution in [2.45, 2.75) is 6.54 Å². The maximum Gasteiger partial charge on any atom is 0.276 e. The molecule has 0 unspecified atom stereocenters. The number of furan rings is 1. The summed E-state index contributed by atoms with van der Waals surface area (Å²) in [5.74, 6) is 2.00. The summed E-state index contributed by atoms with van der Waals surface area (Å²) in [6.07, 6.45) is 3.22. The Morgan fingerprint density at radius 1 is 1.15 bits per heavy atom. The van der Waals surface area contributed by atoms with E-state index in [0.29, 0.717) is 39.4 Å². The normalized spacial score (nSPS) is 15.3. The molecule has 0 radical (unpaired) electrons. The maximum atomic E-state index is 12.7. The smallest absolute Gasteiger partial charge is 0.276 e. The van der Waals surface area contributed by atoms with E-state index >= 15 is 0 Å². The van der Waals surface area contributed by atoms with Crippen LogP contribution in [0, 0.1) is 0 Å². The van der Waals surface area contributed by atoms with Gasteiger partial charge in [-0.3, -0.25) is 9.69 Å². The summed E-state index contributed by atoms with van der Waals surface area (Å²) >= 11 is 5.27. The molecule has 1 aliphatic rings. The van der Waals surface area contributed by atoms with Crippen molar-refractivity contribution in [1.82, 2.24) is 10.2 Å².